The highest BCUT2D eigenvalue weighted by Gasteiger charge is 2.34. The van der Waals surface area contributed by atoms with E-state index in [0.29, 0.717) is 10.2 Å². The highest BCUT2D eigenvalue weighted by atomic mass is 79.9. The van der Waals surface area contributed by atoms with Crippen molar-refractivity contribution in [2.24, 2.45) is 0 Å². The Balaban J connectivity index is 2.18. The number of nitrogens with one attached hydrogen (secondary N) is 2. The van der Waals surface area contributed by atoms with Crippen LogP contribution in [-0.2, 0) is 4.79 Å². The van der Waals surface area contributed by atoms with Crippen LogP contribution in [0.15, 0.2) is 22.7 Å². The molecular formula is C14H17BrN2O3. The van der Waals surface area contributed by atoms with E-state index in [4.69, 9.17) is 5.11 Å². The number of rotatable bonds is 3. The van der Waals surface area contributed by atoms with Crippen LogP contribution in [0.1, 0.15) is 36.5 Å². The number of carboxylic acids is 1. The van der Waals surface area contributed by atoms with E-state index in [1.54, 1.807) is 6.07 Å². The Morgan fingerprint density at radius 3 is 2.75 bits per heavy atom. The number of benzene rings is 1. The second-order valence-corrected chi connectivity index (χ2v) is 6.02. The van der Waals surface area contributed by atoms with E-state index in [9.17, 15) is 9.59 Å². The largest absolute Gasteiger partial charge is 0.478 e. The maximum absolute atomic E-state index is 12.4. The van der Waals surface area contributed by atoms with Crippen molar-refractivity contribution in [1.29, 1.82) is 0 Å². The lowest BCUT2D eigenvalue weighted by Gasteiger charge is -2.33. The van der Waals surface area contributed by atoms with Crippen LogP contribution in [0.4, 0.5) is 5.69 Å². The van der Waals surface area contributed by atoms with Gasteiger partial charge >= 0.3 is 5.97 Å². The molecule has 2 rings (SSSR count). The summed E-state index contributed by atoms with van der Waals surface area (Å²) < 4.78 is 0.662. The third-order valence-electron chi connectivity index (χ3n) is 3.58. The van der Waals surface area contributed by atoms with Gasteiger partial charge in [0.2, 0.25) is 5.91 Å². The second kappa shape index (κ2) is 5.93. The molecule has 1 amide bonds. The number of aromatic carboxylic acids is 1. The summed E-state index contributed by atoms with van der Waals surface area (Å²) in [6, 6.07) is 4.56. The van der Waals surface area contributed by atoms with E-state index in [2.05, 4.69) is 26.6 Å². The molecule has 0 aromatic heterocycles. The van der Waals surface area contributed by atoms with Gasteiger partial charge in [-0.15, -0.1) is 0 Å². The highest BCUT2D eigenvalue weighted by molar-refractivity contribution is 9.10. The molecule has 0 radical (unpaired) electrons. The Hall–Kier alpha value is -1.40. The van der Waals surface area contributed by atoms with Gasteiger partial charge in [-0.2, -0.15) is 0 Å². The first-order chi connectivity index (χ1) is 9.42. The van der Waals surface area contributed by atoms with Gasteiger partial charge in [-0.25, -0.2) is 4.79 Å². The molecule has 1 aliphatic heterocycles. The zero-order valence-electron chi connectivity index (χ0n) is 11.2. The number of halogens is 1. The first-order valence-electron chi connectivity index (χ1n) is 6.52. The van der Waals surface area contributed by atoms with Crippen LogP contribution >= 0.6 is 15.9 Å². The van der Waals surface area contributed by atoms with Gasteiger partial charge in [-0.05, 0) is 66.9 Å². The minimum Gasteiger partial charge on any atom is -0.478 e. The number of piperidine rings is 1. The molecule has 5 nitrogen and oxygen atoms in total. The number of anilines is 1. The van der Waals surface area contributed by atoms with E-state index < -0.39 is 11.5 Å². The summed E-state index contributed by atoms with van der Waals surface area (Å²) >= 11 is 3.32. The number of carboxylic acid groups (broad SMARTS) is 1. The van der Waals surface area contributed by atoms with Crippen molar-refractivity contribution in [2.45, 2.75) is 31.7 Å². The number of hydrogen-bond donors (Lipinski definition) is 3. The van der Waals surface area contributed by atoms with Crippen molar-refractivity contribution in [3.05, 3.63) is 28.2 Å². The summed E-state index contributed by atoms with van der Waals surface area (Å²) in [5.74, 6) is -1.16. The topological polar surface area (TPSA) is 78.4 Å². The lowest BCUT2D eigenvalue weighted by atomic mass is 9.90. The first-order valence-corrected chi connectivity index (χ1v) is 7.31. The van der Waals surface area contributed by atoms with Crippen LogP contribution in [0, 0.1) is 0 Å². The van der Waals surface area contributed by atoms with Crippen molar-refractivity contribution in [3.63, 3.8) is 0 Å². The van der Waals surface area contributed by atoms with Gasteiger partial charge in [-0.1, -0.05) is 0 Å². The molecular weight excluding hydrogens is 324 g/mol. The van der Waals surface area contributed by atoms with E-state index >= 15 is 0 Å². The third-order valence-corrected chi connectivity index (χ3v) is 4.27. The van der Waals surface area contributed by atoms with Gasteiger partial charge in [0.15, 0.2) is 0 Å². The molecule has 1 heterocycles. The van der Waals surface area contributed by atoms with Crippen molar-refractivity contribution in [3.8, 4) is 0 Å². The minimum absolute atomic E-state index is 0.138. The Morgan fingerprint density at radius 2 is 2.15 bits per heavy atom. The molecule has 1 atom stereocenters. The van der Waals surface area contributed by atoms with Gasteiger partial charge in [0.25, 0.3) is 0 Å². The smallest absolute Gasteiger partial charge is 0.335 e. The molecule has 0 spiro atoms. The number of carbonyl (C=O) groups excluding carboxylic acids is 1. The van der Waals surface area contributed by atoms with Gasteiger partial charge < -0.3 is 15.7 Å². The Bertz CT molecular complexity index is 539. The molecule has 1 aromatic carbocycles. The van der Waals surface area contributed by atoms with Crippen LogP contribution in [0.5, 0.6) is 0 Å². The number of carbonyl (C=O) groups is 2. The molecule has 0 saturated carbocycles. The Morgan fingerprint density at radius 1 is 1.40 bits per heavy atom. The van der Waals surface area contributed by atoms with Crippen LogP contribution < -0.4 is 10.6 Å². The van der Waals surface area contributed by atoms with Crippen molar-refractivity contribution in [1.82, 2.24) is 5.32 Å². The zero-order valence-corrected chi connectivity index (χ0v) is 12.8. The van der Waals surface area contributed by atoms with Gasteiger partial charge in [0.05, 0.1) is 16.8 Å². The predicted octanol–water partition coefficient (Wildman–Crippen LogP) is 2.62. The van der Waals surface area contributed by atoms with Crippen LogP contribution in [0.3, 0.4) is 0 Å². The van der Waals surface area contributed by atoms with Gasteiger partial charge in [0.1, 0.15) is 0 Å². The van der Waals surface area contributed by atoms with E-state index in [1.807, 2.05) is 6.92 Å². The molecule has 0 bridgehead atoms. The molecule has 0 aliphatic carbocycles. The first kappa shape index (κ1) is 15.0. The van der Waals surface area contributed by atoms with E-state index in [0.717, 1.165) is 25.8 Å². The summed E-state index contributed by atoms with van der Waals surface area (Å²) in [5.41, 5.74) is 0.0189. The third kappa shape index (κ3) is 3.19. The lowest BCUT2D eigenvalue weighted by molar-refractivity contribution is -0.122. The fraction of sp³-hybridized carbons (Fsp3) is 0.429. The lowest BCUT2D eigenvalue weighted by Crippen LogP contribution is -2.54. The zero-order chi connectivity index (χ0) is 14.8. The number of amides is 1. The number of hydrogen-bond acceptors (Lipinski definition) is 3. The fourth-order valence-electron chi connectivity index (χ4n) is 2.26. The van der Waals surface area contributed by atoms with Crippen molar-refractivity contribution >= 4 is 33.5 Å². The highest BCUT2D eigenvalue weighted by Crippen LogP contribution is 2.26. The average Bonchev–Trinajstić information content (AvgIpc) is 2.41. The summed E-state index contributed by atoms with van der Waals surface area (Å²) in [6.45, 7) is 2.69. The molecule has 108 valence electrons. The van der Waals surface area contributed by atoms with Gasteiger partial charge in [-0.3, -0.25) is 4.79 Å². The Labute approximate surface area is 125 Å². The maximum atomic E-state index is 12.4. The predicted molar refractivity (Wildman–Crippen MR) is 80.0 cm³/mol. The van der Waals surface area contributed by atoms with Crippen molar-refractivity contribution in [2.75, 3.05) is 11.9 Å². The summed E-state index contributed by atoms with van der Waals surface area (Å²) in [5, 5.41) is 15.0. The maximum Gasteiger partial charge on any atom is 0.335 e. The van der Waals surface area contributed by atoms with E-state index in [-0.39, 0.29) is 11.5 Å². The summed E-state index contributed by atoms with van der Waals surface area (Å²) in [7, 11) is 0. The molecule has 1 saturated heterocycles. The summed E-state index contributed by atoms with van der Waals surface area (Å²) in [6.07, 6.45) is 2.85. The Kier molecular flexibility index (Phi) is 4.45. The minimum atomic E-state index is -1.02. The van der Waals surface area contributed by atoms with Crippen LogP contribution in [0.25, 0.3) is 0 Å². The van der Waals surface area contributed by atoms with Gasteiger partial charge in [0, 0.05) is 4.47 Å². The standard InChI is InChI=1S/C14H17BrN2O3/c1-14(6-2-3-7-16-14)13(20)17-11-8-9(12(18)19)4-5-10(11)15/h4-5,8,16H,2-3,6-7H2,1H3,(H,17,20)(H,18,19). The van der Waals surface area contributed by atoms with Crippen molar-refractivity contribution < 1.29 is 14.7 Å². The quantitative estimate of drug-likeness (QED) is 0.790. The molecule has 20 heavy (non-hydrogen) atoms. The molecule has 1 aromatic rings. The van der Waals surface area contributed by atoms with Crippen LogP contribution in [0.2, 0.25) is 0 Å². The molecule has 1 unspecified atom stereocenters. The fourth-order valence-corrected chi connectivity index (χ4v) is 2.61. The average molecular weight is 341 g/mol. The molecule has 3 N–H and O–H groups in total. The molecule has 6 heteroatoms. The monoisotopic (exact) mass is 340 g/mol. The molecule has 1 aliphatic rings. The second-order valence-electron chi connectivity index (χ2n) is 5.17. The summed E-state index contributed by atoms with van der Waals surface area (Å²) in [4.78, 5) is 23.4. The van der Waals surface area contributed by atoms with Crippen LogP contribution in [-0.4, -0.2) is 29.1 Å². The SMILES string of the molecule is CC1(C(=O)Nc2cc(C(=O)O)ccc2Br)CCCCN1. The van der Waals surface area contributed by atoms with E-state index in [1.165, 1.54) is 12.1 Å². The normalized spacial score (nSPS) is 22.3. The molecule has 1 fully saturated rings.